The molecule has 1 saturated heterocycles. The first-order valence-electron chi connectivity index (χ1n) is 11.0. The van der Waals surface area contributed by atoms with Gasteiger partial charge < -0.3 is 10.1 Å². The summed E-state index contributed by atoms with van der Waals surface area (Å²) in [6, 6.07) is 3.98. The van der Waals surface area contributed by atoms with Crippen molar-refractivity contribution in [3.8, 4) is 11.4 Å². The van der Waals surface area contributed by atoms with E-state index in [0.29, 0.717) is 0 Å². The maximum atomic E-state index is 5.45. The molecule has 4 heterocycles. The van der Waals surface area contributed by atoms with Crippen LogP contribution in [0.4, 0.5) is 5.82 Å². The number of morpholine rings is 1. The molecule has 30 heavy (non-hydrogen) atoms. The van der Waals surface area contributed by atoms with E-state index in [0.717, 1.165) is 86.6 Å². The first kappa shape index (κ1) is 19.8. The van der Waals surface area contributed by atoms with Gasteiger partial charge in [-0.05, 0) is 55.8 Å². The van der Waals surface area contributed by atoms with Crippen LogP contribution in [0.2, 0.25) is 0 Å². The van der Waals surface area contributed by atoms with Gasteiger partial charge in [0.05, 0.1) is 18.6 Å². The predicted molar refractivity (Wildman–Crippen MR) is 122 cm³/mol. The number of aromatic nitrogens is 3. The number of ether oxygens (including phenoxy) is 1. The summed E-state index contributed by atoms with van der Waals surface area (Å²) in [5.41, 5.74) is 2.44. The lowest BCUT2D eigenvalue weighted by Crippen LogP contribution is -2.37. The zero-order valence-electron chi connectivity index (χ0n) is 17.6. The van der Waals surface area contributed by atoms with Crippen LogP contribution in [-0.2, 0) is 17.6 Å². The van der Waals surface area contributed by atoms with Gasteiger partial charge in [-0.3, -0.25) is 9.88 Å². The molecule has 0 bridgehead atoms. The lowest BCUT2D eigenvalue weighted by atomic mass is 9.89. The molecule has 1 aliphatic heterocycles. The Labute approximate surface area is 181 Å². The molecular weight excluding hydrogens is 394 g/mol. The van der Waals surface area contributed by atoms with Crippen molar-refractivity contribution in [1.29, 1.82) is 0 Å². The van der Waals surface area contributed by atoms with Gasteiger partial charge in [0.25, 0.3) is 0 Å². The molecule has 7 heteroatoms. The van der Waals surface area contributed by atoms with E-state index in [1.165, 1.54) is 22.2 Å². The molecule has 5 rings (SSSR count). The van der Waals surface area contributed by atoms with E-state index in [2.05, 4.69) is 22.1 Å². The molecule has 6 nitrogen and oxygen atoms in total. The van der Waals surface area contributed by atoms with E-state index in [4.69, 9.17) is 14.7 Å². The van der Waals surface area contributed by atoms with Gasteiger partial charge in [0.15, 0.2) is 5.82 Å². The topological polar surface area (TPSA) is 63.2 Å². The minimum absolute atomic E-state index is 0.751. The maximum absolute atomic E-state index is 5.45. The fourth-order valence-corrected chi connectivity index (χ4v) is 5.81. The van der Waals surface area contributed by atoms with Crippen LogP contribution < -0.4 is 5.32 Å². The minimum Gasteiger partial charge on any atom is -0.379 e. The van der Waals surface area contributed by atoms with Crippen LogP contribution >= 0.6 is 11.3 Å². The molecule has 3 aromatic heterocycles. The number of anilines is 1. The van der Waals surface area contributed by atoms with Crippen molar-refractivity contribution in [3.63, 3.8) is 0 Å². The highest BCUT2D eigenvalue weighted by molar-refractivity contribution is 7.19. The highest BCUT2D eigenvalue weighted by atomic mass is 32.1. The fraction of sp³-hybridized carbons (Fsp3) is 0.522. The molecule has 1 unspecified atom stereocenters. The number of nitrogens with one attached hydrogen (secondary N) is 1. The van der Waals surface area contributed by atoms with E-state index in [9.17, 15) is 0 Å². The first-order chi connectivity index (χ1) is 14.8. The smallest absolute Gasteiger partial charge is 0.164 e. The SMILES string of the molecule is CC1CCc2c(sc3nc(-c4cccnc4)nc(NCCCN4CCOCC4)c23)C1. The van der Waals surface area contributed by atoms with E-state index in [1.807, 2.05) is 29.7 Å². The average molecular weight is 424 g/mol. The predicted octanol–water partition coefficient (Wildman–Crippen LogP) is 4.01. The van der Waals surface area contributed by atoms with Crippen molar-refractivity contribution >= 4 is 27.4 Å². The molecule has 0 amide bonds. The largest absolute Gasteiger partial charge is 0.379 e. The number of rotatable bonds is 6. The molecule has 0 radical (unpaired) electrons. The molecule has 0 spiro atoms. The second-order valence-corrected chi connectivity index (χ2v) is 9.49. The fourth-order valence-electron chi connectivity index (χ4n) is 4.43. The molecule has 1 atom stereocenters. The Kier molecular flexibility index (Phi) is 5.93. The summed E-state index contributed by atoms with van der Waals surface area (Å²) >= 11 is 1.85. The number of fused-ring (bicyclic) bond motifs is 3. The number of hydrogen-bond donors (Lipinski definition) is 1. The third-order valence-corrected chi connectivity index (χ3v) is 7.27. The van der Waals surface area contributed by atoms with Gasteiger partial charge in [-0.2, -0.15) is 0 Å². The Morgan fingerprint density at radius 1 is 1.27 bits per heavy atom. The lowest BCUT2D eigenvalue weighted by molar-refractivity contribution is 0.0378. The second kappa shape index (κ2) is 8.96. The molecule has 1 aliphatic carbocycles. The van der Waals surface area contributed by atoms with Gasteiger partial charge in [-0.25, -0.2) is 9.97 Å². The van der Waals surface area contributed by atoms with E-state index >= 15 is 0 Å². The summed E-state index contributed by atoms with van der Waals surface area (Å²) in [6.07, 6.45) is 8.28. The number of thiophene rings is 1. The standard InChI is InChI=1S/C23H29N5OS/c1-16-5-6-18-19(14-16)30-23-20(18)22(25-8-3-9-28-10-12-29-13-11-28)26-21(27-23)17-4-2-7-24-15-17/h2,4,7,15-16H,3,5-6,8-14H2,1H3,(H,25,26,27). The average Bonchev–Trinajstić information content (AvgIpc) is 3.15. The van der Waals surface area contributed by atoms with Crippen LogP contribution in [0.5, 0.6) is 0 Å². The van der Waals surface area contributed by atoms with Crippen molar-refractivity contribution in [2.45, 2.75) is 32.6 Å². The highest BCUT2D eigenvalue weighted by Crippen LogP contribution is 2.40. The Morgan fingerprint density at radius 2 is 2.17 bits per heavy atom. The van der Waals surface area contributed by atoms with Crippen LogP contribution in [-0.4, -0.2) is 59.2 Å². The van der Waals surface area contributed by atoms with Gasteiger partial charge in [-0.15, -0.1) is 11.3 Å². The number of hydrogen-bond acceptors (Lipinski definition) is 7. The van der Waals surface area contributed by atoms with Gasteiger partial charge in [0.2, 0.25) is 0 Å². The third-order valence-electron chi connectivity index (χ3n) is 6.12. The van der Waals surface area contributed by atoms with Gasteiger partial charge >= 0.3 is 0 Å². The Morgan fingerprint density at radius 3 is 3.00 bits per heavy atom. The van der Waals surface area contributed by atoms with Crippen LogP contribution in [0.1, 0.15) is 30.2 Å². The zero-order chi connectivity index (χ0) is 20.3. The van der Waals surface area contributed by atoms with Gasteiger partial charge in [-0.1, -0.05) is 6.92 Å². The Bertz CT molecular complexity index is 1000. The van der Waals surface area contributed by atoms with Crippen LogP contribution in [0.3, 0.4) is 0 Å². The Balaban J connectivity index is 1.42. The summed E-state index contributed by atoms with van der Waals surface area (Å²) in [5.74, 6) is 2.51. The minimum atomic E-state index is 0.751. The quantitative estimate of drug-likeness (QED) is 0.605. The van der Waals surface area contributed by atoms with Crippen molar-refractivity contribution < 1.29 is 4.74 Å². The summed E-state index contributed by atoms with van der Waals surface area (Å²) in [5, 5.41) is 4.91. The lowest BCUT2D eigenvalue weighted by Gasteiger charge is -2.26. The van der Waals surface area contributed by atoms with Gasteiger partial charge in [0.1, 0.15) is 10.6 Å². The number of nitrogens with zero attached hydrogens (tertiary/aromatic N) is 4. The second-order valence-electron chi connectivity index (χ2n) is 8.40. The van der Waals surface area contributed by atoms with E-state index in [1.54, 1.807) is 6.20 Å². The number of aryl methyl sites for hydroxylation is 1. The summed E-state index contributed by atoms with van der Waals surface area (Å²) in [7, 11) is 0. The van der Waals surface area contributed by atoms with Crippen molar-refractivity contribution in [2.24, 2.45) is 5.92 Å². The van der Waals surface area contributed by atoms with Crippen molar-refractivity contribution in [3.05, 3.63) is 35.0 Å². The van der Waals surface area contributed by atoms with Crippen LogP contribution in [0.25, 0.3) is 21.6 Å². The Hall–Kier alpha value is -2.09. The summed E-state index contributed by atoms with van der Waals surface area (Å²) in [6.45, 7) is 8.15. The van der Waals surface area contributed by atoms with E-state index in [-0.39, 0.29) is 0 Å². The summed E-state index contributed by atoms with van der Waals surface area (Å²) in [4.78, 5) is 19.3. The van der Waals surface area contributed by atoms with Crippen LogP contribution in [0.15, 0.2) is 24.5 Å². The molecule has 1 fully saturated rings. The third kappa shape index (κ3) is 4.19. The highest BCUT2D eigenvalue weighted by Gasteiger charge is 2.24. The monoisotopic (exact) mass is 423 g/mol. The van der Waals surface area contributed by atoms with Gasteiger partial charge in [0, 0.05) is 42.5 Å². The normalized spacial score (nSPS) is 19.7. The van der Waals surface area contributed by atoms with Crippen molar-refractivity contribution in [1.82, 2.24) is 19.9 Å². The van der Waals surface area contributed by atoms with Crippen molar-refractivity contribution in [2.75, 3.05) is 44.7 Å². The first-order valence-corrected chi connectivity index (χ1v) is 11.9. The maximum Gasteiger partial charge on any atom is 0.164 e. The molecule has 2 aliphatic rings. The molecule has 0 aromatic carbocycles. The molecule has 3 aromatic rings. The molecule has 0 saturated carbocycles. The summed E-state index contributed by atoms with van der Waals surface area (Å²) < 4.78 is 5.45. The molecule has 1 N–H and O–H groups in total. The van der Waals surface area contributed by atoms with Crippen LogP contribution in [0, 0.1) is 5.92 Å². The number of pyridine rings is 1. The molecule has 158 valence electrons. The van der Waals surface area contributed by atoms with E-state index < -0.39 is 0 Å². The molecular formula is C23H29N5OS. The zero-order valence-corrected chi connectivity index (χ0v) is 18.4.